The molecule has 0 spiro atoms. The zero-order valence-corrected chi connectivity index (χ0v) is 10.2. The fraction of sp³-hybridized carbons (Fsp3) is 0.308. The van der Waals surface area contributed by atoms with E-state index in [9.17, 15) is 4.79 Å². The normalized spacial score (nSPS) is 10.3. The van der Waals surface area contributed by atoms with Crippen LogP contribution >= 0.6 is 0 Å². The van der Waals surface area contributed by atoms with Crippen LogP contribution in [-0.4, -0.2) is 20.7 Å². The van der Waals surface area contributed by atoms with Gasteiger partial charge >= 0.3 is 5.97 Å². The molecule has 0 bridgehead atoms. The quantitative estimate of drug-likeness (QED) is 0.750. The number of carbonyl (C=O) groups excluding carboxylic acids is 1. The molecule has 0 saturated heterocycles. The van der Waals surface area contributed by atoms with E-state index < -0.39 is 0 Å². The fourth-order valence-corrected chi connectivity index (χ4v) is 1.60. The van der Waals surface area contributed by atoms with Gasteiger partial charge in [0.15, 0.2) is 0 Å². The zero-order chi connectivity index (χ0) is 12.8. The summed E-state index contributed by atoms with van der Waals surface area (Å²) in [6, 6.07) is 9.58. The van der Waals surface area contributed by atoms with Gasteiger partial charge in [-0.25, -0.2) is 9.67 Å². The van der Waals surface area contributed by atoms with Gasteiger partial charge < -0.3 is 4.74 Å². The first-order valence-electron chi connectivity index (χ1n) is 5.86. The molecule has 0 aliphatic heterocycles. The third kappa shape index (κ3) is 3.16. The number of hydrogen-bond acceptors (Lipinski definition) is 4. The maximum Gasteiger partial charge on any atom is 0.328 e. The summed E-state index contributed by atoms with van der Waals surface area (Å²) in [6.07, 6.45) is 2.19. The number of esters is 1. The van der Waals surface area contributed by atoms with E-state index in [0.717, 1.165) is 17.8 Å². The van der Waals surface area contributed by atoms with E-state index in [0.29, 0.717) is 0 Å². The first-order valence-corrected chi connectivity index (χ1v) is 5.86. The molecule has 0 atom stereocenters. The lowest BCUT2D eigenvalue weighted by Crippen LogP contribution is -2.16. The molecule has 1 aromatic carbocycles. The lowest BCUT2D eigenvalue weighted by Gasteiger charge is -2.06. The molecule has 2 aromatic rings. The van der Waals surface area contributed by atoms with Crippen molar-refractivity contribution in [3.8, 4) is 0 Å². The highest BCUT2D eigenvalue weighted by molar-refractivity contribution is 5.69. The van der Waals surface area contributed by atoms with Crippen LogP contribution in [0.4, 0.5) is 0 Å². The van der Waals surface area contributed by atoms with Crippen LogP contribution in [0.1, 0.15) is 18.3 Å². The zero-order valence-electron chi connectivity index (χ0n) is 10.2. The van der Waals surface area contributed by atoms with Crippen molar-refractivity contribution in [2.75, 3.05) is 0 Å². The Morgan fingerprint density at radius 2 is 2.11 bits per heavy atom. The van der Waals surface area contributed by atoms with Gasteiger partial charge in [-0.1, -0.05) is 37.3 Å². The number of ether oxygens (including phenoxy) is 1. The minimum atomic E-state index is -0.306. The van der Waals surface area contributed by atoms with E-state index >= 15 is 0 Å². The summed E-state index contributed by atoms with van der Waals surface area (Å²) in [4.78, 5) is 15.7. The molecule has 94 valence electrons. The highest BCUT2D eigenvalue weighted by atomic mass is 16.5. The summed E-state index contributed by atoms with van der Waals surface area (Å²) >= 11 is 0. The number of nitrogens with zero attached hydrogens (tertiary/aromatic N) is 3. The Bertz CT molecular complexity index is 508. The highest BCUT2D eigenvalue weighted by Crippen LogP contribution is 2.02. The van der Waals surface area contributed by atoms with Crippen molar-refractivity contribution >= 4 is 5.97 Å². The number of aryl methyl sites for hydroxylation is 1. The Labute approximate surface area is 105 Å². The molecule has 0 amide bonds. The third-order valence-corrected chi connectivity index (χ3v) is 2.53. The Morgan fingerprint density at radius 1 is 1.33 bits per heavy atom. The van der Waals surface area contributed by atoms with E-state index in [1.54, 1.807) is 4.68 Å². The molecule has 0 aliphatic rings. The second-order valence-corrected chi connectivity index (χ2v) is 3.83. The second kappa shape index (κ2) is 5.95. The van der Waals surface area contributed by atoms with Gasteiger partial charge in [0, 0.05) is 6.42 Å². The second-order valence-electron chi connectivity index (χ2n) is 3.83. The predicted molar refractivity (Wildman–Crippen MR) is 65.6 cm³/mol. The maximum atomic E-state index is 11.6. The summed E-state index contributed by atoms with van der Waals surface area (Å²) in [5, 5.41) is 3.99. The summed E-state index contributed by atoms with van der Waals surface area (Å²) in [5.41, 5.74) is 0.972. The van der Waals surface area contributed by atoms with Crippen LogP contribution < -0.4 is 0 Å². The van der Waals surface area contributed by atoms with Crippen LogP contribution in [0.2, 0.25) is 0 Å². The van der Waals surface area contributed by atoms with Crippen LogP contribution in [0.3, 0.4) is 0 Å². The highest BCUT2D eigenvalue weighted by Gasteiger charge is 2.08. The van der Waals surface area contributed by atoms with Crippen molar-refractivity contribution < 1.29 is 9.53 Å². The molecule has 0 unspecified atom stereocenters. The molecule has 5 nitrogen and oxygen atoms in total. The lowest BCUT2D eigenvalue weighted by atomic mass is 10.2. The molecule has 0 saturated carbocycles. The Hall–Kier alpha value is -2.17. The molecular formula is C13H15N3O2. The van der Waals surface area contributed by atoms with E-state index in [-0.39, 0.29) is 19.1 Å². The summed E-state index contributed by atoms with van der Waals surface area (Å²) in [7, 11) is 0. The Balaban J connectivity index is 1.86. The number of benzene rings is 1. The molecule has 0 N–H and O–H groups in total. The number of aromatic nitrogens is 3. The van der Waals surface area contributed by atoms with Crippen molar-refractivity contribution in [3.05, 3.63) is 48.0 Å². The largest absolute Gasteiger partial charge is 0.459 e. The van der Waals surface area contributed by atoms with Gasteiger partial charge in [-0.2, -0.15) is 5.10 Å². The van der Waals surface area contributed by atoms with E-state index in [4.69, 9.17) is 4.74 Å². The number of rotatable bonds is 5. The molecule has 0 radical (unpaired) electrons. The Morgan fingerprint density at radius 3 is 2.83 bits per heavy atom. The van der Waals surface area contributed by atoms with Gasteiger partial charge in [-0.3, -0.25) is 4.79 Å². The van der Waals surface area contributed by atoms with Crippen molar-refractivity contribution in [2.45, 2.75) is 26.5 Å². The molecule has 0 aliphatic carbocycles. The summed E-state index contributed by atoms with van der Waals surface area (Å²) in [5.74, 6) is 0.478. The summed E-state index contributed by atoms with van der Waals surface area (Å²) < 4.78 is 6.74. The van der Waals surface area contributed by atoms with Crippen LogP contribution in [0.15, 0.2) is 36.7 Å². The smallest absolute Gasteiger partial charge is 0.328 e. The number of carbonyl (C=O) groups is 1. The first-order chi connectivity index (χ1) is 8.79. The minimum absolute atomic E-state index is 0.107. The van der Waals surface area contributed by atoms with Crippen LogP contribution in [0, 0.1) is 0 Å². The average Bonchev–Trinajstić information content (AvgIpc) is 2.85. The predicted octanol–water partition coefficient (Wildman–Crippen LogP) is 1.58. The van der Waals surface area contributed by atoms with Crippen LogP contribution in [-0.2, 0) is 29.1 Å². The molecule has 5 heteroatoms. The van der Waals surface area contributed by atoms with Crippen molar-refractivity contribution in [1.29, 1.82) is 0 Å². The monoisotopic (exact) mass is 245 g/mol. The van der Waals surface area contributed by atoms with Gasteiger partial charge in [0.25, 0.3) is 0 Å². The molecular weight excluding hydrogens is 230 g/mol. The molecule has 1 heterocycles. The van der Waals surface area contributed by atoms with Gasteiger partial charge in [0.05, 0.1) is 0 Å². The van der Waals surface area contributed by atoms with Crippen molar-refractivity contribution in [3.63, 3.8) is 0 Å². The first kappa shape index (κ1) is 12.3. The van der Waals surface area contributed by atoms with E-state index in [1.165, 1.54) is 6.33 Å². The van der Waals surface area contributed by atoms with Crippen LogP contribution in [0.5, 0.6) is 0 Å². The Kier molecular flexibility index (Phi) is 4.06. The SMILES string of the molecule is CCc1ncnn1CC(=O)OCc1ccccc1. The summed E-state index contributed by atoms with van der Waals surface area (Å²) in [6.45, 7) is 2.36. The average molecular weight is 245 g/mol. The molecule has 1 aromatic heterocycles. The van der Waals surface area contributed by atoms with Crippen molar-refractivity contribution in [2.24, 2.45) is 0 Å². The van der Waals surface area contributed by atoms with Crippen LogP contribution in [0.25, 0.3) is 0 Å². The van der Waals surface area contributed by atoms with Crippen molar-refractivity contribution in [1.82, 2.24) is 14.8 Å². The van der Waals surface area contributed by atoms with E-state index in [1.807, 2.05) is 37.3 Å². The van der Waals surface area contributed by atoms with E-state index in [2.05, 4.69) is 10.1 Å². The van der Waals surface area contributed by atoms with Gasteiger partial charge in [0.2, 0.25) is 0 Å². The van der Waals surface area contributed by atoms with Gasteiger partial charge in [-0.15, -0.1) is 0 Å². The van der Waals surface area contributed by atoms with Gasteiger partial charge in [0.1, 0.15) is 25.3 Å². The van der Waals surface area contributed by atoms with Gasteiger partial charge in [-0.05, 0) is 5.56 Å². The maximum absolute atomic E-state index is 11.6. The third-order valence-electron chi connectivity index (χ3n) is 2.53. The standard InChI is InChI=1S/C13H15N3O2/c1-2-12-14-10-15-16(12)8-13(17)18-9-11-6-4-3-5-7-11/h3-7,10H,2,8-9H2,1H3. The molecule has 18 heavy (non-hydrogen) atoms. The molecule has 2 rings (SSSR count). The lowest BCUT2D eigenvalue weighted by molar-refractivity contribution is -0.145. The molecule has 0 fully saturated rings. The number of hydrogen-bond donors (Lipinski definition) is 0. The fourth-order valence-electron chi connectivity index (χ4n) is 1.60. The topological polar surface area (TPSA) is 57.0 Å². The minimum Gasteiger partial charge on any atom is -0.459 e.